The second-order valence-corrected chi connectivity index (χ2v) is 15.3. The van der Waals surface area contributed by atoms with Gasteiger partial charge in [-0.25, -0.2) is 0 Å². The molecule has 0 aromatic rings. The number of unbranched alkanes of at least 4 members (excludes halogenated alkanes) is 17. The molecule has 4 nitrogen and oxygen atoms in total. The van der Waals surface area contributed by atoms with Crippen molar-refractivity contribution in [3.63, 3.8) is 0 Å². The van der Waals surface area contributed by atoms with E-state index in [-0.39, 0.29) is 11.9 Å². The average Bonchev–Trinajstić information content (AvgIpc) is 3.49. The normalized spacial score (nSPS) is 16.0. The van der Waals surface area contributed by atoms with Crippen molar-refractivity contribution in [2.45, 2.75) is 213 Å². The number of carbonyl (C=O) groups is 2. The summed E-state index contributed by atoms with van der Waals surface area (Å²) >= 11 is 0. The minimum Gasteiger partial charge on any atom is -0.465 e. The first kappa shape index (κ1) is 43.1. The Labute approximate surface area is 288 Å². The standard InChI is InChI=1S/C42H81NO3/c1-5-8-11-12-13-14-17-22-30-39(37-46-42(45)40-34-35-43(4)36-40)31-23-18-15-16-19-24-32-41(44)33-26-25-29-38(27-20-9-6-2)28-21-10-7-3/h38-40H,5-37H2,1-4H3. The van der Waals surface area contributed by atoms with E-state index < -0.39 is 0 Å². The summed E-state index contributed by atoms with van der Waals surface area (Å²) in [5, 5.41) is 0. The molecule has 0 bridgehead atoms. The van der Waals surface area contributed by atoms with Gasteiger partial charge in [0.15, 0.2) is 0 Å². The molecule has 4 heteroatoms. The molecule has 1 fully saturated rings. The maximum absolute atomic E-state index is 12.6. The van der Waals surface area contributed by atoms with Gasteiger partial charge in [-0.2, -0.15) is 0 Å². The first-order chi connectivity index (χ1) is 22.5. The largest absolute Gasteiger partial charge is 0.465 e. The highest BCUT2D eigenvalue weighted by Gasteiger charge is 2.28. The van der Waals surface area contributed by atoms with E-state index >= 15 is 0 Å². The second-order valence-electron chi connectivity index (χ2n) is 15.3. The van der Waals surface area contributed by atoms with Crippen LogP contribution in [0.1, 0.15) is 213 Å². The van der Waals surface area contributed by atoms with Crippen molar-refractivity contribution in [1.82, 2.24) is 4.90 Å². The van der Waals surface area contributed by atoms with Gasteiger partial charge in [-0.05, 0) is 57.5 Å². The molecule has 1 saturated heterocycles. The number of rotatable bonds is 34. The van der Waals surface area contributed by atoms with Crippen LogP contribution < -0.4 is 0 Å². The number of hydrogen-bond acceptors (Lipinski definition) is 4. The number of hydrogen-bond donors (Lipinski definition) is 0. The van der Waals surface area contributed by atoms with Gasteiger partial charge in [0.2, 0.25) is 0 Å². The Morgan fingerprint density at radius 1 is 0.565 bits per heavy atom. The topological polar surface area (TPSA) is 46.6 Å². The van der Waals surface area contributed by atoms with Crippen LogP contribution in [0.3, 0.4) is 0 Å². The quantitative estimate of drug-likeness (QED) is 0.0515. The molecule has 46 heavy (non-hydrogen) atoms. The fourth-order valence-corrected chi connectivity index (χ4v) is 7.46. The van der Waals surface area contributed by atoms with Gasteiger partial charge >= 0.3 is 5.97 Å². The van der Waals surface area contributed by atoms with E-state index in [0.717, 1.165) is 51.1 Å². The fraction of sp³-hybridized carbons (Fsp3) is 0.952. The fourth-order valence-electron chi connectivity index (χ4n) is 7.46. The number of likely N-dealkylation sites (tertiary alicyclic amines) is 1. The van der Waals surface area contributed by atoms with Crippen LogP contribution in [-0.4, -0.2) is 43.4 Å². The summed E-state index contributed by atoms with van der Waals surface area (Å²) < 4.78 is 5.88. The maximum Gasteiger partial charge on any atom is 0.310 e. The molecule has 0 saturated carbocycles. The predicted molar refractivity (Wildman–Crippen MR) is 199 cm³/mol. The van der Waals surface area contributed by atoms with Crippen LogP contribution in [0.15, 0.2) is 0 Å². The second kappa shape index (κ2) is 31.4. The number of esters is 1. The van der Waals surface area contributed by atoms with Crippen LogP contribution in [0.4, 0.5) is 0 Å². The highest BCUT2D eigenvalue weighted by molar-refractivity contribution is 5.78. The Kier molecular flexibility index (Phi) is 29.4. The predicted octanol–water partition coefficient (Wildman–Crippen LogP) is 12.7. The molecule has 0 radical (unpaired) electrons. The summed E-state index contributed by atoms with van der Waals surface area (Å²) in [7, 11) is 2.10. The third-order valence-electron chi connectivity index (χ3n) is 10.7. The molecule has 0 spiro atoms. The Morgan fingerprint density at radius 2 is 0.957 bits per heavy atom. The number of Topliss-reactive ketones (excluding diaryl/α,β-unsaturated/α-hetero) is 1. The molecule has 0 amide bonds. The molecule has 1 heterocycles. The lowest BCUT2D eigenvalue weighted by molar-refractivity contribution is -0.149. The van der Waals surface area contributed by atoms with Gasteiger partial charge in [0.1, 0.15) is 5.78 Å². The van der Waals surface area contributed by atoms with Crippen LogP contribution in [0, 0.1) is 17.8 Å². The first-order valence-corrected chi connectivity index (χ1v) is 20.9. The van der Waals surface area contributed by atoms with E-state index in [1.54, 1.807) is 0 Å². The van der Waals surface area contributed by atoms with Crippen LogP contribution in [0.2, 0.25) is 0 Å². The van der Waals surface area contributed by atoms with Crippen molar-refractivity contribution < 1.29 is 14.3 Å². The smallest absolute Gasteiger partial charge is 0.310 e. The van der Waals surface area contributed by atoms with Gasteiger partial charge in [-0.3, -0.25) is 9.59 Å². The molecule has 1 aliphatic rings. The molecule has 0 aromatic carbocycles. The van der Waals surface area contributed by atoms with E-state index in [4.69, 9.17) is 4.74 Å². The minimum atomic E-state index is 0.0360. The maximum atomic E-state index is 12.6. The first-order valence-electron chi connectivity index (χ1n) is 20.9. The summed E-state index contributed by atoms with van der Waals surface area (Å²) in [5.74, 6) is 2.02. The van der Waals surface area contributed by atoms with E-state index in [9.17, 15) is 9.59 Å². The van der Waals surface area contributed by atoms with Crippen molar-refractivity contribution in [1.29, 1.82) is 0 Å². The van der Waals surface area contributed by atoms with Gasteiger partial charge in [0, 0.05) is 19.4 Å². The third kappa shape index (κ3) is 25.2. The molecule has 272 valence electrons. The van der Waals surface area contributed by atoms with Crippen molar-refractivity contribution in [3.05, 3.63) is 0 Å². The highest BCUT2D eigenvalue weighted by atomic mass is 16.5. The van der Waals surface area contributed by atoms with Crippen LogP contribution in [0.25, 0.3) is 0 Å². The molecule has 1 aliphatic heterocycles. The zero-order valence-corrected chi connectivity index (χ0v) is 31.7. The monoisotopic (exact) mass is 648 g/mol. The molecular formula is C42H81NO3. The highest BCUT2D eigenvalue weighted by Crippen LogP contribution is 2.25. The lowest BCUT2D eigenvalue weighted by Crippen LogP contribution is -2.24. The number of nitrogens with zero attached hydrogens (tertiary/aromatic N) is 1. The summed E-state index contributed by atoms with van der Waals surface area (Å²) in [4.78, 5) is 27.4. The summed E-state index contributed by atoms with van der Waals surface area (Å²) in [6, 6.07) is 0. The lowest BCUT2D eigenvalue weighted by atomic mass is 9.90. The van der Waals surface area contributed by atoms with Crippen molar-refractivity contribution in [2.24, 2.45) is 17.8 Å². The van der Waals surface area contributed by atoms with Crippen molar-refractivity contribution >= 4 is 11.8 Å². The molecule has 2 unspecified atom stereocenters. The molecule has 1 rings (SSSR count). The van der Waals surface area contributed by atoms with Gasteiger partial charge in [-0.1, -0.05) is 168 Å². The van der Waals surface area contributed by atoms with Crippen LogP contribution in [0.5, 0.6) is 0 Å². The molecule has 0 aromatic heterocycles. The molecular weight excluding hydrogens is 566 g/mol. The third-order valence-corrected chi connectivity index (χ3v) is 10.7. The van der Waals surface area contributed by atoms with Crippen molar-refractivity contribution in [2.75, 3.05) is 26.7 Å². The Hall–Kier alpha value is -0.900. The van der Waals surface area contributed by atoms with Crippen LogP contribution >= 0.6 is 0 Å². The summed E-state index contributed by atoms with van der Waals surface area (Å²) in [6.07, 6.45) is 37.6. The van der Waals surface area contributed by atoms with Crippen molar-refractivity contribution in [3.8, 4) is 0 Å². The zero-order valence-electron chi connectivity index (χ0n) is 31.7. The van der Waals surface area contributed by atoms with E-state index in [2.05, 4.69) is 32.7 Å². The SMILES string of the molecule is CCCCCCCCCCC(CCCCCCCCC(=O)CCCCC(CCCCC)CCCCC)COC(=O)C1CCN(C)C1. The number of carbonyl (C=O) groups excluding carboxylic acids is 2. The molecule has 0 aliphatic carbocycles. The molecule has 2 atom stereocenters. The number of ketones is 1. The Balaban J connectivity index is 2.17. The minimum absolute atomic E-state index is 0.0360. The van der Waals surface area contributed by atoms with Gasteiger partial charge in [0.05, 0.1) is 12.5 Å². The average molecular weight is 648 g/mol. The summed E-state index contributed by atoms with van der Waals surface area (Å²) in [5.41, 5.74) is 0. The van der Waals surface area contributed by atoms with E-state index in [1.807, 2.05) is 0 Å². The van der Waals surface area contributed by atoms with E-state index in [1.165, 1.54) is 161 Å². The lowest BCUT2D eigenvalue weighted by Gasteiger charge is -2.19. The number of ether oxygens (including phenoxy) is 1. The van der Waals surface area contributed by atoms with E-state index in [0.29, 0.717) is 18.3 Å². The summed E-state index contributed by atoms with van der Waals surface area (Å²) in [6.45, 7) is 9.36. The van der Waals surface area contributed by atoms with Gasteiger partial charge in [-0.15, -0.1) is 0 Å². The zero-order chi connectivity index (χ0) is 33.5. The Morgan fingerprint density at radius 3 is 1.46 bits per heavy atom. The van der Waals surface area contributed by atoms with Crippen LogP contribution in [-0.2, 0) is 14.3 Å². The Bertz CT molecular complexity index is 684. The van der Waals surface area contributed by atoms with Gasteiger partial charge < -0.3 is 9.64 Å². The molecule has 0 N–H and O–H groups in total. The van der Waals surface area contributed by atoms with Gasteiger partial charge in [0.25, 0.3) is 0 Å².